The van der Waals surface area contributed by atoms with Crippen molar-refractivity contribution in [2.75, 3.05) is 5.75 Å². The normalized spacial score (nSPS) is 12.1. The van der Waals surface area contributed by atoms with Gasteiger partial charge in [-0.1, -0.05) is 83.9 Å². The van der Waals surface area contributed by atoms with Gasteiger partial charge in [-0.25, -0.2) is 0 Å². The third-order valence-corrected chi connectivity index (χ3v) is 7.08. The van der Waals surface area contributed by atoms with Gasteiger partial charge in [0.2, 0.25) is 11.8 Å². The summed E-state index contributed by atoms with van der Waals surface area (Å²) in [6.07, 6.45) is 0.404. The van der Waals surface area contributed by atoms with Crippen LogP contribution in [0.2, 0.25) is 10.0 Å². The number of halogens is 2. The third kappa shape index (κ3) is 8.88. The van der Waals surface area contributed by atoms with Gasteiger partial charge in [0.15, 0.2) is 0 Å². The lowest BCUT2D eigenvalue weighted by Crippen LogP contribution is -2.54. The molecule has 0 saturated heterocycles. The maximum Gasteiger partial charge on any atom is 0.243 e. The molecule has 3 aromatic carbocycles. The van der Waals surface area contributed by atoms with Crippen molar-refractivity contribution in [3.05, 3.63) is 106 Å². The molecular weight excluding hydrogens is 511 g/mol. The van der Waals surface area contributed by atoms with Gasteiger partial charge in [-0.2, -0.15) is 0 Å². The molecule has 190 valence electrons. The van der Waals surface area contributed by atoms with E-state index < -0.39 is 11.6 Å². The van der Waals surface area contributed by atoms with Crippen LogP contribution in [0.5, 0.6) is 0 Å². The molecule has 2 amide bonds. The number of amides is 2. The third-order valence-electron chi connectivity index (χ3n) is 5.48. The Bertz CT molecular complexity index is 1150. The van der Waals surface area contributed by atoms with Crippen molar-refractivity contribution in [1.82, 2.24) is 10.2 Å². The van der Waals surface area contributed by atoms with Crippen LogP contribution in [0.4, 0.5) is 0 Å². The average molecular weight is 544 g/mol. The van der Waals surface area contributed by atoms with E-state index in [9.17, 15) is 9.59 Å². The summed E-state index contributed by atoms with van der Waals surface area (Å²) in [6.45, 7) is 6.06. The molecule has 0 bridgehead atoms. The number of carbonyl (C=O) groups is 2. The Hall–Kier alpha value is -2.47. The smallest absolute Gasteiger partial charge is 0.243 e. The lowest BCUT2D eigenvalue weighted by Gasteiger charge is -2.34. The predicted molar refractivity (Wildman–Crippen MR) is 151 cm³/mol. The standard InChI is InChI=1S/C29H32Cl2N2O2S/c1-29(2,3)32-28(35)26(17-21-9-5-4-6-10-21)33(18-23-11-7-8-12-25(23)31)27(34)20-36-19-22-13-15-24(30)16-14-22/h4-16,26H,17-20H2,1-3H3,(H,32,35). The van der Waals surface area contributed by atoms with Crippen LogP contribution in [0.15, 0.2) is 78.9 Å². The fraction of sp³-hybridized carbons (Fsp3) is 0.310. The summed E-state index contributed by atoms with van der Waals surface area (Å²) in [7, 11) is 0. The Kier molecular flexibility index (Phi) is 10.3. The monoisotopic (exact) mass is 542 g/mol. The predicted octanol–water partition coefficient (Wildman–Crippen LogP) is 6.78. The minimum absolute atomic E-state index is 0.112. The van der Waals surface area contributed by atoms with Crippen molar-refractivity contribution < 1.29 is 9.59 Å². The summed E-state index contributed by atoms with van der Waals surface area (Å²) in [4.78, 5) is 28.9. The van der Waals surface area contributed by atoms with Crippen molar-refractivity contribution in [1.29, 1.82) is 0 Å². The fourth-order valence-corrected chi connectivity index (χ4v) is 4.93. The highest BCUT2D eigenvalue weighted by atomic mass is 35.5. The first-order chi connectivity index (χ1) is 17.1. The van der Waals surface area contributed by atoms with Crippen LogP contribution in [0, 0.1) is 0 Å². The summed E-state index contributed by atoms with van der Waals surface area (Å²) in [5.74, 6) is 0.606. The van der Waals surface area contributed by atoms with Crippen molar-refractivity contribution in [2.24, 2.45) is 0 Å². The van der Waals surface area contributed by atoms with Crippen LogP contribution >= 0.6 is 35.0 Å². The Balaban J connectivity index is 1.87. The zero-order chi connectivity index (χ0) is 26.1. The molecule has 0 aliphatic rings. The molecule has 0 saturated carbocycles. The summed E-state index contributed by atoms with van der Waals surface area (Å²) in [6, 6.07) is 24.1. The zero-order valence-electron chi connectivity index (χ0n) is 20.8. The molecule has 0 aliphatic heterocycles. The number of benzene rings is 3. The highest BCUT2D eigenvalue weighted by Gasteiger charge is 2.32. The molecule has 0 fully saturated rings. The molecule has 3 rings (SSSR count). The first kappa shape index (κ1) is 28.1. The first-order valence-electron chi connectivity index (χ1n) is 11.8. The average Bonchev–Trinajstić information content (AvgIpc) is 2.83. The molecule has 0 aromatic heterocycles. The minimum atomic E-state index is -0.688. The van der Waals surface area contributed by atoms with Crippen LogP contribution in [0.3, 0.4) is 0 Å². The number of carbonyl (C=O) groups excluding carboxylic acids is 2. The second kappa shape index (κ2) is 13.2. The number of hydrogen-bond donors (Lipinski definition) is 1. The summed E-state index contributed by atoms with van der Waals surface area (Å²) >= 11 is 14.0. The molecule has 1 atom stereocenters. The summed E-state index contributed by atoms with van der Waals surface area (Å²) in [5, 5.41) is 4.33. The largest absolute Gasteiger partial charge is 0.350 e. The number of hydrogen-bond acceptors (Lipinski definition) is 3. The molecule has 0 radical (unpaired) electrons. The van der Waals surface area contributed by atoms with Gasteiger partial charge in [0.05, 0.1) is 5.75 Å². The SMILES string of the molecule is CC(C)(C)NC(=O)C(Cc1ccccc1)N(Cc1ccccc1Cl)C(=O)CSCc1ccc(Cl)cc1. The Morgan fingerprint density at radius 1 is 0.889 bits per heavy atom. The van der Waals surface area contributed by atoms with E-state index in [4.69, 9.17) is 23.2 Å². The van der Waals surface area contributed by atoms with Crippen molar-refractivity contribution in [3.8, 4) is 0 Å². The topological polar surface area (TPSA) is 49.4 Å². The van der Waals surface area contributed by atoms with Crippen LogP contribution in [0.1, 0.15) is 37.5 Å². The highest BCUT2D eigenvalue weighted by molar-refractivity contribution is 7.99. The minimum Gasteiger partial charge on any atom is -0.350 e. The van der Waals surface area contributed by atoms with Gasteiger partial charge in [-0.3, -0.25) is 9.59 Å². The number of nitrogens with zero attached hydrogens (tertiary/aromatic N) is 1. The zero-order valence-corrected chi connectivity index (χ0v) is 23.2. The van der Waals surface area contributed by atoms with Crippen molar-refractivity contribution in [2.45, 2.75) is 51.1 Å². The van der Waals surface area contributed by atoms with Gasteiger partial charge in [0.1, 0.15) is 6.04 Å². The number of nitrogens with one attached hydrogen (secondary N) is 1. The molecule has 7 heteroatoms. The Morgan fingerprint density at radius 2 is 1.53 bits per heavy atom. The molecule has 4 nitrogen and oxygen atoms in total. The van der Waals surface area contributed by atoms with Crippen LogP contribution in [0.25, 0.3) is 0 Å². The number of thioether (sulfide) groups is 1. The second-order valence-corrected chi connectivity index (χ2v) is 11.5. The van der Waals surface area contributed by atoms with Gasteiger partial charge in [-0.15, -0.1) is 11.8 Å². The quantitative estimate of drug-likeness (QED) is 0.307. The van der Waals surface area contributed by atoms with Gasteiger partial charge in [-0.05, 0) is 55.7 Å². The maximum atomic E-state index is 13.7. The summed E-state index contributed by atoms with van der Waals surface area (Å²) < 4.78 is 0. The van der Waals surface area contributed by atoms with Gasteiger partial charge < -0.3 is 10.2 Å². The molecule has 3 aromatic rings. The lowest BCUT2D eigenvalue weighted by atomic mass is 10.0. The van der Waals surface area contributed by atoms with E-state index in [1.807, 2.05) is 93.6 Å². The maximum absolute atomic E-state index is 13.7. The molecule has 0 spiro atoms. The van der Waals surface area contributed by atoms with E-state index >= 15 is 0 Å². The van der Waals surface area contributed by atoms with E-state index in [-0.39, 0.29) is 24.1 Å². The van der Waals surface area contributed by atoms with Crippen LogP contribution < -0.4 is 5.32 Å². The molecule has 1 N–H and O–H groups in total. The van der Waals surface area contributed by atoms with Crippen molar-refractivity contribution in [3.63, 3.8) is 0 Å². The molecular formula is C29H32Cl2N2O2S. The van der Waals surface area contributed by atoms with E-state index in [2.05, 4.69) is 5.32 Å². The molecule has 0 heterocycles. The van der Waals surface area contributed by atoms with E-state index in [0.29, 0.717) is 22.2 Å². The molecule has 0 aliphatic carbocycles. The van der Waals surface area contributed by atoms with Gasteiger partial charge in [0.25, 0.3) is 0 Å². The van der Waals surface area contributed by atoms with E-state index in [1.54, 1.807) is 11.0 Å². The molecule has 36 heavy (non-hydrogen) atoms. The second-order valence-electron chi connectivity index (χ2n) is 9.68. The van der Waals surface area contributed by atoms with Crippen LogP contribution in [-0.2, 0) is 28.3 Å². The van der Waals surface area contributed by atoms with E-state index in [0.717, 1.165) is 16.7 Å². The highest BCUT2D eigenvalue weighted by Crippen LogP contribution is 2.23. The van der Waals surface area contributed by atoms with Crippen molar-refractivity contribution >= 4 is 46.8 Å². The van der Waals surface area contributed by atoms with Crippen LogP contribution in [-0.4, -0.2) is 34.0 Å². The number of rotatable bonds is 10. The Morgan fingerprint density at radius 3 is 2.17 bits per heavy atom. The van der Waals surface area contributed by atoms with Gasteiger partial charge >= 0.3 is 0 Å². The first-order valence-corrected chi connectivity index (χ1v) is 13.7. The van der Waals surface area contributed by atoms with Gasteiger partial charge in [0, 0.05) is 34.3 Å². The summed E-state index contributed by atoms with van der Waals surface area (Å²) in [5.41, 5.74) is 2.43. The Labute approximate surface area is 228 Å². The lowest BCUT2D eigenvalue weighted by molar-refractivity contribution is -0.140. The fourth-order valence-electron chi connectivity index (χ4n) is 3.74. The molecule has 1 unspecified atom stereocenters. The van der Waals surface area contributed by atoms with E-state index in [1.165, 1.54) is 11.8 Å².